The highest BCUT2D eigenvalue weighted by atomic mass is 79.9. The SMILES string of the molecule is N[C@H]1CC2(CCCSC2)Oc2ccc(Br)cc21. The lowest BCUT2D eigenvalue weighted by Crippen LogP contribution is -2.46. The Balaban J connectivity index is 1.94. The number of thioether (sulfide) groups is 1. The maximum absolute atomic E-state index is 6.31. The smallest absolute Gasteiger partial charge is 0.125 e. The normalized spacial score (nSPS) is 32.0. The highest BCUT2D eigenvalue weighted by molar-refractivity contribution is 9.10. The molecule has 0 saturated carbocycles. The molecule has 0 aromatic heterocycles. The van der Waals surface area contributed by atoms with E-state index in [9.17, 15) is 0 Å². The number of rotatable bonds is 0. The summed E-state index contributed by atoms with van der Waals surface area (Å²) < 4.78 is 7.34. The van der Waals surface area contributed by atoms with Gasteiger partial charge >= 0.3 is 0 Å². The van der Waals surface area contributed by atoms with Crippen molar-refractivity contribution in [2.24, 2.45) is 5.73 Å². The number of halogens is 1. The minimum Gasteiger partial charge on any atom is -0.486 e. The van der Waals surface area contributed by atoms with Crippen LogP contribution in [0.1, 0.15) is 30.9 Å². The molecule has 2 nitrogen and oxygen atoms in total. The zero-order valence-electron chi connectivity index (χ0n) is 9.62. The molecule has 1 fully saturated rings. The first-order valence-electron chi connectivity index (χ1n) is 6.00. The van der Waals surface area contributed by atoms with E-state index in [1.807, 2.05) is 23.9 Å². The third-order valence-corrected chi connectivity index (χ3v) is 5.38. The molecule has 4 heteroatoms. The van der Waals surface area contributed by atoms with Crippen LogP contribution in [0.15, 0.2) is 22.7 Å². The molecule has 3 rings (SSSR count). The molecule has 2 atom stereocenters. The maximum Gasteiger partial charge on any atom is 0.125 e. The second-order valence-electron chi connectivity index (χ2n) is 4.93. The van der Waals surface area contributed by atoms with Gasteiger partial charge in [-0.1, -0.05) is 15.9 Å². The Bertz CT molecular complexity index is 431. The Morgan fingerprint density at radius 2 is 2.35 bits per heavy atom. The maximum atomic E-state index is 6.31. The third-order valence-electron chi connectivity index (χ3n) is 3.58. The van der Waals surface area contributed by atoms with Crippen molar-refractivity contribution in [1.29, 1.82) is 0 Å². The molecular formula is C13H16BrNOS. The van der Waals surface area contributed by atoms with Crippen LogP contribution in [0.5, 0.6) is 5.75 Å². The minimum atomic E-state index is -0.0108. The summed E-state index contributed by atoms with van der Waals surface area (Å²) in [6, 6.07) is 6.26. The third kappa shape index (κ3) is 2.23. The first kappa shape index (κ1) is 11.9. The molecule has 92 valence electrons. The minimum absolute atomic E-state index is 0.0108. The predicted molar refractivity (Wildman–Crippen MR) is 75.6 cm³/mol. The summed E-state index contributed by atoms with van der Waals surface area (Å²) in [6.45, 7) is 0. The fourth-order valence-corrected chi connectivity index (χ4v) is 4.32. The van der Waals surface area contributed by atoms with Gasteiger partial charge in [-0.3, -0.25) is 0 Å². The molecule has 0 radical (unpaired) electrons. The molecule has 2 aliphatic heterocycles. The van der Waals surface area contributed by atoms with Crippen LogP contribution in [-0.4, -0.2) is 17.1 Å². The molecule has 2 aliphatic rings. The Morgan fingerprint density at radius 3 is 3.12 bits per heavy atom. The summed E-state index contributed by atoms with van der Waals surface area (Å²) >= 11 is 5.48. The van der Waals surface area contributed by atoms with Crippen LogP contribution in [0.4, 0.5) is 0 Å². The van der Waals surface area contributed by atoms with Crippen molar-refractivity contribution in [1.82, 2.24) is 0 Å². The summed E-state index contributed by atoms with van der Waals surface area (Å²) in [7, 11) is 0. The molecule has 2 N–H and O–H groups in total. The number of hydrogen-bond donors (Lipinski definition) is 1. The first-order chi connectivity index (χ1) is 8.19. The van der Waals surface area contributed by atoms with Crippen LogP contribution in [0.25, 0.3) is 0 Å². The molecule has 0 aliphatic carbocycles. The van der Waals surface area contributed by atoms with Gasteiger partial charge in [-0.15, -0.1) is 0 Å². The summed E-state index contributed by atoms with van der Waals surface area (Å²) in [5.41, 5.74) is 7.44. The summed E-state index contributed by atoms with van der Waals surface area (Å²) in [5.74, 6) is 3.32. The van der Waals surface area contributed by atoms with Gasteiger partial charge in [0.15, 0.2) is 0 Å². The number of nitrogens with two attached hydrogens (primary N) is 1. The summed E-state index contributed by atoms with van der Waals surface area (Å²) in [4.78, 5) is 0. The van der Waals surface area contributed by atoms with Gasteiger partial charge in [0.05, 0.1) is 0 Å². The van der Waals surface area contributed by atoms with E-state index in [1.165, 1.54) is 12.2 Å². The fraction of sp³-hybridized carbons (Fsp3) is 0.538. The van der Waals surface area contributed by atoms with Crippen LogP contribution >= 0.6 is 27.7 Å². The second-order valence-corrected chi connectivity index (χ2v) is 6.95. The Labute approximate surface area is 114 Å². The van der Waals surface area contributed by atoms with Gasteiger partial charge in [-0.05, 0) is 36.8 Å². The van der Waals surface area contributed by atoms with E-state index < -0.39 is 0 Å². The quantitative estimate of drug-likeness (QED) is 0.796. The van der Waals surface area contributed by atoms with E-state index in [0.717, 1.165) is 34.4 Å². The molecular weight excluding hydrogens is 298 g/mol. The highest BCUT2D eigenvalue weighted by Gasteiger charge is 2.41. The largest absolute Gasteiger partial charge is 0.486 e. The number of ether oxygens (including phenoxy) is 1. The lowest BCUT2D eigenvalue weighted by molar-refractivity contribution is 0.0471. The molecule has 1 unspecified atom stereocenters. The summed E-state index contributed by atoms with van der Waals surface area (Å²) in [6.07, 6.45) is 3.33. The van der Waals surface area contributed by atoms with Crippen LogP contribution < -0.4 is 10.5 Å². The van der Waals surface area contributed by atoms with Crippen molar-refractivity contribution in [3.05, 3.63) is 28.2 Å². The highest BCUT2D eigenvalue weighted by Crippen LogP contribution is 2.44. The van der Waals surface area contributed by atoms with E-state index in [2.05, 4.69) is 22.0 Å². The van der Waals surface area contributed by atoms with Crippen molar-refractivity contribution in [2.75, 3.05) is 11.5 Å². The van der Waals surface area contributed by atoms with Crippen molar-refractivity contribution < 1.29 is 4.74 Å². The molecule has 17 heavy (non-hydrogen) atoms. The van der Waals surface area contributed by atoms with Gasteiger partial charge in [-0.25, -0.2) is 0 Å². The average Bonchev–Trinajstić information content (AvgIpc) is 2.31. The van der Waals surface area contributed by atoms with E-state index >= 15 is 0 Å². The van der Waals surface area contributed by atoms with Crippen LogP contribution in [0.2, 0.25) is 0 Å². The van der Waals surface area contributed by atoms with E-state index in [1.54, 1.807) is 0 Å². The topological polar surface area (TPSA) is 35.2 Å². The molecule has 0 bridgehead atoms. The Hall–Kier alpha value is -0.190. The zero-order valence-corrected chi connectivity index (χ0v) is 12.0. The predicted octanol–water partition coefficient (Wildman–Crippen LogP) is 3.50. The summed E-state index contributed by atoms with van der Waals surface area (Å²) in [5, 5.41) is 0. The van der Waals surface area contributed by atoms with Gasteiger partial charge in [0.2, 0.25) is 0 Å². The molecule has 1 spiro atoms. The van der Waals surface area contributed by atoms with Crippen molar-refractivity contribution in [3.63, 3.8) is 0 Å². The van der Waals surface area contributed by atoms with Gasteiger partial charge in [0, 0.05) is 28.3 Å². The van der Waals surface area contributed by atoms with E-state index in [-0.39, 0.29) is 11.6 Å². The van der Waals surface area contributed by atoms with Crippen molar-refractivity contribution in [3.8, 4) is 5.75 Å². The van der Waals surface area contributed by atoms with Gasteiger partial charge < -0.3 is 10.5 Å². The lowest BCUT2D eigenvalue weighted by atomic mass is 9.85. The number of hydrogen-bond acceptors (Lipinski definition) is 3. The monoisotopic (exact) mass is 313 g/mol. The Kier molecular flexibility index (Phi) is 3.13. The standard InChI is InChI=1S/C13H16BrNOS/c14-9-2-3-12-10(6-9)11(15)7-13(16-12)4-1-5-17-8-13/h2-3,6,11H,1,4-5,7-8,15H2/t11-,13?/m0/s1. The molecule has 0 amide bonds. The number of benzene rings is 1. The van der Waals surface area contributed by atoms with Crippen LogP contribution in [0.3, 0.4) is 0 Å². The van der Waals surface area contributed by atoms with E-state index in [0.29, 0.717) is 0 Å². The fourth-order valence-electron chi connectivity index (χ4n) is 2.76. The first-order valence-corrected chi connectivity index (χ1v) is 7.95. The van der Waals surface area contributed by atoms with Crippen LogP contribution in [0, 0.1) is 0 Å². The molecule has 1 aromatic carbocycles. The average molecular weight is 314 g/mol. The van der Waals surface area contributed by atoms with E-state index in [4.69, 9.17) is 10.5 Å². The zero-order chi connectivity index (χ0) is 11.9. The molecule has 1 saturated heterocycles. The lowest BCUT2D eigenvalue weighted by Gasteiger charge is -2.43. The number of fused-ring (bicyclic) bond motifs is 1. The van der Waals surface area contributed by atoms with Gasteiger partial charge in [0.1, 0.15) is 11.4 Å². The second kappa shape index (κ2) is 4.48. The van der Waals surface area contributed by atoms with Crippen molar-refractivity contribution in [2.45, 2.75) is 30.9 Å². The Morgan fingerprint density at radius 1 is 1.47 bits per heavy atom. The molecule has 1 aromatic rings. The van der Waals surface area contributed by atoms with Gasteiger partial charge in [-0.2, -0.15) is 11.8 Å². The van der Waals surface area contributed by atoms with Crippen LogP contribution in [-0.2, 0) is 0 Å². The van der Waals surface area contributed by atoms with Gasteiger partial charge in [0.25, 0.3) is 0 Å². The van der Waals surface area contributed by atoms with Crippen molar-refractivity contribution >= 4 is 27.7 Å². The molecule has 2 heterocycles.